The molecule has 0 N–H and O–H groups in total. The molecule has 1 saturated carbocycles. The molecule has 1 aliphatic rings. The quantitative estimate of drug-likeness (QED) is 0.196. The van der Waals surface area contributed by atoms with Gasteiger partial charge >= 0.3 is 230 Å². The molecule has 1 fully saturated rings. The van der Waals surface area contributed by atoms with Gasteiger partial charge in [-0.3, -0.25) is 0 Å². The number of halogens is 2. The van der Waals surface area contributed by atoms with Crippen LogP contribution >= 0.6 is 23.2 Å². The van der Waals surface area contributed by atoms with Gasteiger partial charge in [0.2, 0.25) is 0 Å². The Hall–Kier alpha value is -1.38. The van der Waals surface area contributed by atoms with Crippen LogP contribution in [0.4, 0.5) is 5.69 Å². The average Bonchev–Trinajstić information content (AvgIpc) is 2.85. The van der Waals surface area contributed by atoms with Crippen molar-refractivity contribution >= 4 is 69.6 Å². The molecule has 0 saturated heterocycles. The maximum atomic E-state index is 6.26. The normalized spacial score (nSPS) is 15.6. The summed E-state index contributed by atoms with van der Waals surface area (Å²) >= 11 is 19.2. The van der Waals surface area contributed by atoms with E-state index in [2.05, 4.69) is 85.0 Å². The van der Waals surface area contributed by atoms with Gasteiger partial charge in [-0.1, -0.05) is 0 Å². The van der Waals surface area contributed by atoms with Crippen LogP contribution in [-0.2, 0) is 6.42 Å². The molecule has 1 aliphatic carbocycles. The minimum absolute atomic E-state index is 0.111. The van der Waals surface area contributed by atoms with Gasteiger partial charge in [0.15, 0.2) is 0 Å². The fourth-order valence-electron chi connectivity index (χ4n) is 4.40. The van der Waals surface area contributed by atoms with E-state index < -0.39 is 0 Å². The van der Waals surface area contributed by atoms with Crippen molar-refractivity contribution in [3.8, 4) is 0 Å². The van der Waals surface area contributed by atoms with Crippen molar-refractivity contribution < 1.29 is 0 Å². The van der Waals surface area contributed by atoms with Gasteiger partial charge in [-0.25, -0.2) is 0 Å². The zero-order valence-corrected chi connectivity index (χ0v) is 23.8. The topological polar surface area (TPSA) is 15.6 Å². The second-order valence-electron chi connectivity index (χ2n) is 8.62. The molecule has 1 radical (unpaired) electrons. The summed E-state index contributed by atoms with van der Waals surface area (Å²) in [7, 11) is 0. The Morgan fingerprint density at radius 2 is 1.44 bits per heavy atom. The molecule has 0 aromatic heterocycles. The molecule has 0 aliphatic heterocycles. The van der Waals surface area contributed by atoms with E-state index in [1.807, 2.05) is 30.3 Å². The first-order valence-corrected chi connectivity index (χ1v) is 14.1. The van der Waals surface area contributed by atoms with Gasteiger partial charge < -0.3 is 0 Å². The molecule has 2 nitrogen and oxygen atoms in total. The van der Waals surface area contributed by atoms with Crippen molar-refractivity contribution in [2.75, 3.05) is 4.90 Å². The minimum atomic E-state index is -0.111. The van der Waals surface area contributed by atoms with Gasteiger partial charge in [-0.15, -0.1) is 0 Å². The number of hydrogen-bond donors (Lipinski definition) is 0. The van der Waals surface area contributed by atoms with E-state index in [9.17, 15) is 0 Å². The molecular formula is C28H27Cl2N2Se2. The first-order chi connectivity index (χ1) is 16.5. The number of anilines is 1. The summed E-state index contributed by atoms with van der Waals surface area (Å²) in [5, 5.41) is 1.44. The predicted octanol–water partition coefficient (Wildman–Crippen LogP) is 6.98. The Labute approximate surface area is 228 Å². The molecule has 3 aromatic carbocycles. The monoisotopic (exact) mass is 621 g/mol. The van der Waals surface area contributed by atoms with Crippen molar-refractivity contribution in [2.45, 2.75) is 50.6 Å². The van der Waals surface area contributed by atoms with Crippen LogP contribution in [0.1, 0.15) is 49.3 Å². The Balaban J connectivity index is 1.78. The SMILES string of the molecule is Clc1ccc(C(C([Se])=NC2CCCCC2)N(C(=[Se])Cc2ccccc2)c2ccc(Cl)cc2)cc1. The number of aliphatic imine (C=N–C) groups is 1. The van der Waals surface area contributed by atoms with E-state index in [4.69, 9.17) is 28.2 Å². The van der Waals surface area contributed by atoms with Gasteiger partial charge in [0.25, 0.3) is 0 Å². The molecule has 1 unspecified atom stereocenters. The molecule has 34 heavy (non-hydrogen) atoms. The molecule has 0 amide bonds. The van der Waals surface area contributed by atoms with Gasteiger partial charge in [0.1, 0.15) is 0 Å². The van der Waals surface area contributed by atoms with Crippen LogP contribution < -0.4 is 4.90 Å². The van der Waals surface area contributed by atoms with Crippen molar-refractivity contribution in [1.29, 1.82) is 0 Å². The zero-order valence-electron chi connectivity index (χ0n) is 18.9. The Morgan fingerprint density at radius 1 is 0.853 bits per heavy atom. The Bertz CT molecular complexity index is 1110. The van der Waals surface area contributed by atoms with E-state index in [-0.39, 0.29) is 6.04 Å². The van der Waals surface area contributed by atoms with Gasteiger partial charge in [0, 0.05) is 0 Å². The summed E-state index contributed by atoms with van der Waals surface area (Å²) in [4.78, 5) is 7.56. The van der Waals surface area contributed by atoms with Crippen molar-refractivity contribution in [3.63, 3.8) is 0 Å². The van der Waals surface area contributed by atoms with Crippen LogP contribution in [0.5, 0.6) is 0 Å². The molecule has 0 spiro atoms. The van der Waals surface area contributed by atoms with Gasteiger partial charge in [-0.2, -0.15) is 0 Å². The van der Waals surface area contributed by atoms with Crippen molar-refractivity contribution in [1.82, 2.24) is 0 Å². The molecule has 0 bridgehead atoms. The second kappa shape index (κ2) is 12.5. The van der Waals surface area contributed by atoms with Crippen molar-refractivity contribution in [3.05, 3.63) is 100 Å². The van der Waals surface area contributed by atoms with E-state index in [1.165, 1.54) is 24.8 Å². The first kappa shape index (κ1) is 25.7. The molecular weight excluding hydrogens is 593 g/mol. The third-order valence-corrected chi connectivity index (χ3v) is 8.04. The number of rotatable bonds is 8. The van der Waals surface area contributed by atoms with Crippen LogP contribution in [0.25, 0.3) is 0 Å². The third-order valence-electron chi connectivity index (χ3n) is 6.13. The van der Waals surface area contributed by atoms with Gasteiger partial charge in [0.05, 0.1) is 0 Å². The summed E-state index contributed by atoms with van der Waals surface area (Å²) in [5.74, 6) is 0. The maximum absolute atomic E-state index is 6.26. The predicted molar refractivity (Wildman–Crippen MR) is 149 cm³/mol. The molecule has 4 rings (SSSR count). The summed E-state index contributed by atoms with van der Waals surface area (Å²) in [5.41, 5.74) is 3.44. The van der Waals surface area contributed by atoms with E-state index >= 15 is 0 Å². The third kappa shape index (κ3) is 6.85. The van der Waals surface area contributed by atoms with E-state index in [0.29, 0.717) is 6.04 Å². The second-order valence-corrected chi connectivity index (χ2v) is 11.4. The van der Waals surface area contributed by atoms with Crippen LogP contribution in [0.15, 0.2) is 83.9 Å². The Morgan fingerprint density at radius 3 is 2.06 bits per heavy atom. The number of hydrogen-bond acceptors (Lipinski definition) is 2. The molecule has 175 valence electrons. The van der Waals surface area contributed by atoms with Crippen molar-refractivity contribution in [2.24, 2.45) is 4.99 Å². The van der Waals surface area contributed by atoms with Crippen LogP contribution in [0.3, 0.4) is 0 Å². The molecule has 1 atom stereocenters. The molecule has 6 heteroatoms. The van der Waals surface area contributed by atoms with Gasteiger partial charge in [-0.05, 0) is 0 Å². The summed E-state index contributed by atoms with van der Waals surface area (Å²) in [6, 6.07) is 26.9. The fourth-order valence-corrected chi connectivity index (χ4v) is 6.27. The summed E-state index contributed by atoms with van der Waals surface area (Å²) in [6.07, 6.45) is 6.90. The zero-order chi connectivity index (χ0) is 23.9. The fraction of sp³-hybridized carbons (Fsp3) is 0.286. The number of nitrogens with zero attached hydrogens (tertiary/aromatic N) is 2. The molecule has 0 heterocycles. The standard InChI is InChI=1S/C28H27Cl2N2Se2/c29-22-13-11-21(12-14-22)27(28(34)31-24-9-5-2-6-10-24)32(25-17-15-23(30)16-18-25)26(33)19-20-7-3-1-4-8-20/h1,3-4,7-8,11-18,24,27H,2,5-6,9-10,19H2. The van der Waals surface area contributed by atoms with E-state index in [1.54, 1.807) is 0 Å². The van der Waals surface area contributed by atoms with E-state index in [0.717, 1.165) is 49.7 Å². The summed E-state index contributed by atoms with van der Waals surface area (Å²) in [6.45, 7) is 0. The Kier molecular flexibility index (Phi) is 9.48. The van der Waals surface area contributed by atoms with Crippen LogP contribution in [-0.4, -0.2) is 46.8 Å². The summed E-state index contributed by atoms with van der Waals surface area (Å²) < 4.78 is 2.10. The first-order valence-electron chi connectivity index (χ1n) is 11.6. The van der Waals surface area contributed by atoms with Crippen LogP contribution in [0.2, 0.25) is 10.0 Å². The average molecular weight is 620 g/mol. The molecule has 3 aromatic rings. The number of benzene rings is 3. The van der Waals surface area contributed by atoms with Crippen LogP contribution in [0, 0.1) is 0 Å².